The van der Waals surface area contributed by atoms with Crippen LogP contribution < -0.4 is 10.6 Å². The fourth-order valence-electron chi connectivity index (χ4n) is 6.49. The fourth-order valence-corrected chi connectivity index (χ4v) is 6.49. The second-order valence-corrected chi connectivity index (χ2v) is 10.6. The summed E-state index contributed by atoms with van der Waals surface area (Å²) in [5.74, 6) is 1.40. The Kier molecular flexibility index (Phi) is 5.04. The summed E-state index contributed by atoms with van der Waals surface area (Å²) in [6.45, 7) is 5.85. The van der Waals surface area contributed by atoms with Gasteiger partial charge in [0.15, 0.2) is 0 Å². The minimum Gasteiger partial charge on any atom is -0.328 e. The van der Waals surface area contributed by atoms with Crippen LogP contribution in [0.3, 0.4) is 0 Å². The summed E-state index contributed by atoms with van der Waals surface area (Å²) >= 11 is 0. The summed E-state index contributed by atoms with van der Waals surface area (Å²) in [5.41, 5.74) is 5.91. The first-order valence-electron chi connectivity index (χ1n) is 13.1. The number of piperidine rings is 1. The zero-order valence-electron chi connectivity index (χ0n) is 21.4. The first-order chi connectivity index (χ1) is 18.5. The third-order valence-electron chi connectivity index (χ3n) is 8.62. The maximum Gasteiger partial charge on any atom is 0.317 e. The van der Waals surface area contributed by atoms with Crippen molar-refractivity contribution in [2.24, 2.45) is 0 Å². The predicted molar refractivity (Wildman–Crippen MR) is 140 cm³/mol. The van der Waals surface area contributed by atoms with Crippen molar-refractivity contribution < 1.29 is 9.59 Å². The minimum atomic E-state index is -0.672. The lowest BCUT2D eigenvalue weighted by Crippen LogP contribution is -2.51. The van der Waals surface area contributed by atoms with E-state index in [1.54, 1.807) is 6.20 Å². The van der Waals surface area contributed by atoms with Crippen molar-refractivity contribution in [2.45, 2.75) is 57.5 Å². The number of imidazole rings is 1. The molecule has 1 saturated heterocycles. The number of anilines is 1. The van der Waals surface area contributed by atoms with Gasteiger partial charge >= 0.3 is 6.03 Å². The van der Waals surface area contributed by atoms with Gasteiger partial charge in [-0.25, -0.2) is 19.7 Å². The molecule has 3 amide bonds. The molecule has 1 spiro atoms. The number of amides is 3. The largest absolute Gasteiger partial charge is 0.328 e. The lowest BCUT2D eigenvalue weighted by atomic mass is 9.74. The van der Waals surface area contributed by atoms with Crippen LogP contribution in [0, 0.1) is 6.92 Å². The third-order valence-corrected chi connectivity index (χ3v) is 8.62. The van der Waals surface area contributed by atoms with Crippen LogP contribution in [0.1, 0.15) is 59.6 Å². The van der Waals surface area contributed by atoms with Gasteiger partial charge in [-0.2, -0.15) is 5.10 Å². The molecule has 1 fully saturated rings. The highest BCUT2D eigenvalue weighted by Gasteiger charge is 2.50. The molecule has 1 atom stereocenters. The Bertz CT molecular complexity index is 1600. The highest BCUT2D eigenvalue weighted by molar-refractivity contribution is 6.05. The number of urea groups is 1. The number of carbonyl (C=O) groups is 2. The van der Waals surface area contributed by atoms with Gasteiger partial charge < -0.3 is 20.1 Å². The maximum absolute atomic E-state index is 13.6. The summed E-state index contributed by atoms with van der Waals surface area (Å²) in [6.07, 6.45) is 9.55. The zero-order valence-corrected chi connectivity index (χ0v) is 21.4. The summed E-state index contributed by atoms with van der Waals surface area (Å²) in [4.78, 5) is 41.4. The molecule has 4 aromatic rings. The number of aryl methyl sites for hydroxylation is 2. The van der Waals surface area contributed by atoms with E-state index in [2.05, 4.69) is 55.3 Å². The molecule has 6 heterocycles. The molecule has 3 N–H and O–H groups in total. The monoisotopic (exact) mass is 511 g/mol. The normalized spacial score (nSPS) is 19.6. The van der Waals surface area contributed by atoms with E-state index in [-0.39, 0.29) is 18.0 Å². The van der Waals surface area contributed by atoms with Crippen molar-refractivity contribution in [1.82, 2.24) is 39.9 Å². The van der Waals surface area contributed by atoms with E-state index in [1.165, 1.54) is 17.5 Å². The summed E-state index contributed by atoms with van der Waals surface area (Å²) in [5, 5.41) is 14.7. The Morgan fingerprint density at radius 3 is 2.87 bits per heavy atom. The van der Waals surface area contributed by atoms with Gasteiger partial charge in [0, 0.05) is 48.5 Å². The summed E-state index contributed by atoms with van der Waals surface area (Å²) < 4.78 is 2.24. The number of aromatic amines is 1. The Balaban J connectivity index is 1.16. The van der Waals surface area contributed by atoms with E-state index in [4.69, 9.17) is 4.98 Å². The Morgan fingerprint density at radius 1 is 1.21 bits per heavy atom. The van der Waals surface area contributed by atoms with Gasteiger partial charge in [0.2, 0.25) is 5.91 Å². The Morgan fingerprint density at radius 2 is 2.05 bits per heavy atom. The van der Waals surface area contributed by atoms with E-state index in [1.807, 2.05) is 17.3 Å². The van der Waals surface area contributed by atoms with Crippen LogP contribution in [0.2, 0.25) is 0 Å². The summed E-state index contributed by atoms with van der Waals surface area (Å²) in [6, 6.07) is 1.80. The molecule has 3 aliphatic heterocycles. The molecule has 1 aromatic carbocycles. The van der Waals surface area contributed by atoms with Gasteiger partial charge in [0.05, 0.1) is 29.7 Å². The topological polar surface area (TPSA) is 134 Å². The lowest BCUT2D eigenvalue weighted by molar-refractivity contribution is -0.122. The highest BCUT2D eigenvalue weighted by Crippen LogP contribution is 2.43. The number of carbonyl (C=O) groups excluding carboxylic acids is 2. The van der Waals surface area contributed by atoms with Crippen molar-refractivity contribution in [3.8, 4) is 0 Å². The molecule has 3 aliphatic rings. The van der Waals surface area contributed by atoms with E-state index >= 15 is 0 Å². The first kappa shape index (κ1) is 22.9. The molecule has 0 bridgehead atoms. The number of rotatable bonds is 2. The standard InChI is InChI=1S/C27H29N9O2/c1-3-17-10-29-24-21(9-16-8-15(2)22-18(11-31-34-22)19(16)13-36(17)24)32-26(38)35-6-4-27(5-7-35)20-12-28-14-30-23(20)33-25(27)37/h8,10-12,14,21H,3-7,9,13H2,1-2H3,(H,31,34)(H,32,38)(H,28,30,33,37)/t21-/m1/s1. The number of nitrogens with zero attached hydrogens (tertiary/aromatic N) is 6. The van der Waals surface area contributed by atoms with Gasteiger partial charge in [0.1, 0.15) is 18.0 Å². The molecule has 194 valence electrons. The van der Waals surface area contributed by atoms with Crippen molar-refractivity contribution in [3.05, 3.63) is 64.8 Å². The molecule has 0 aliphatic carbocycles. The molecule has 0 unspecified atom stereocenters. The number of H-pyrrole nitrogens is 1. The lowest BCUT2D eigenvalue weighted by Gasteiger charge is -2.38. The van der Waals surface area contributed by atoms with E-state index in [0.29, 0.717) is 44.7 Å². The number of benzene rings is 1. The van der Waals surface area contributed by atoms with Crippen LogP contribution >= 0.6 is 0 Å². The Labute approximate surface area is 219 Å². The average molecular weight is 512 g/mol. The van der Waals surface area contributed by atoms with Crippen LogP contribution in [0.15, 0.2) is 31.0 Å². The molecular weight excluding hydrogens is 482 g/mol. The van der Waals surface area contributed by atoms with Crippen LogP contribution in [-0.4, -0.2) is 59.6 Å². The second kappa shape index (κ2) is 8.37. The Hall–Kier alpha value is -4.28. The van der Waals surface area contributed by atoms with Gasteiger partial charge in [0.25, 0.3) is 0 Å². The number of likely N-dealkylation sites (tertiary alicyclic amines) is 1. The van der Waals surface area contributed by atoms with Crippen LogP contribution in [-0.2, 0) is 29.6 Å². The van der Waals surface area contributed by atoms with Gasteiger partial charge in [-0.05, 0) is 42.9 Å². The van der Waals surface area contributed by atoms with E-state index < -0.39 is 5.41 Å². The smallest absolute Gasteiger partial charge is 0.317 e. The number of hydrogen-bond acceptors (Lipinski definition) is 6. The molecule has 0 radical (unpaired) electrons. The van der Waals surface area contributed by atoms with Crippen LogP contribution in [0.25, 0.3) is 10.9 Å². The van der Waals surface area contributed by atoms with Gasteiger partial charge in [-0.3, -0.25) is 9.89 Å². The zero-order chi connectivity index (χ0) is 26.0. The molecule has 3 aromatic heterocycles. The molecule has 11 heteroatoms. The molecular formula is C27H29N9O2. The predicted octanol–water partition coefficient (Wildman–Crippen LogP) is 2.76. The minimum absolute atomic E-state index is 0.0523. The molecule has 11 nitrogen and oxygen atoms in total. The van der Waals surface area contributed by atoms with Crippen LogP contribution in [0.4, 0.5) is 10.6 Å². The number of hydrogen-bond donors (Lipinski definition) is 3. The van der Waals surface area contributed by atoms with Crippen molar-refractivity contribution in [2.75, 3.05) is 18.4 Å². The quantitative estimate of drug-likeness (QED) is 0.379. The second-order valence-electron chi connectivity index (χ2n) is 10.6. The van der Waals surface area contributed by atoms with Gasteiger partial charge in [-0.15, -0.1) is 0 Å². The molecule has 7 rings (SSSR count). The highest BCUT2D eigenvalue weighted by atomic mass is 16.2. The average Bonchev–Trinajstić information content (AvgIpc) is 3.61. The fraction of sp³-hybridized carbons (Fsp3) is 0.407. The van der Waals surface area contributed by atoms with Crippen molar-refractivity contribution >= 4 is 28.7 Å². The maximum atomic E-state index is 13.6. The summed E-state index contributed by atoms with van der Waals surface area (Å²) in [7, 11) is 0. The van der Waals surface area contributed by atoms with Crippen LogP contribution in [0.5, 0.6) is 0 Å². The number of nitrogens with one attached hydrogen (secondary N) is 3. The molecule has 38 heavy (non-hydrogen) atoms. The molecule has 0 saturated carbocycles. The third kappa shape index (κ3) is 3.27. The number of aromatic nitrogens is 6. The SMILES string of the molecule is CCc1cnc2n1Cc1c(cc(C)c3[nH]ncc13)C[C@H]2NC(=O)N1CCC2(CC1)C(=O)Nc1ncncc12. The van der Waals surface area contributed by atoms with E-state index in [9.17, 15) is 9.59 Å². The van der Waals surface area contributed by atoms with Gasteiger partial charge in [-0.1, -0.05) is 13.0 Å². The first-order valence-corrected chi connectivity index (χ1v) is 13.1. The van der Waals surface area contributed by atoms with Crippen molar-refractivity contribution in [3.63, 3.8) is 0 Å². The van der Waals surface area contributed by atoms with Crippen molar-refractivity contribution in [1.29, 1.82) is 0 Å². The van der Waals surface area contributed by atoms with E-state index in [0.717, 1.165) is 40.0 Å². The number of fused-ring (bicyclic) bond motifs is 6.